The molecule has 2 aromatic carbocycles. The number of hydrogen-bond acceptors (Lipinski definition) is 4. The van der Waals surface area contributed by atoms with E-state index in [1.165, 1.54) is 10.1 Å². The first-order valence-corrected chi connectivity index (χ1v) is 10.1. The molecular formula is C23H25N3O4. The Bertz CT molecular complexity index is 1250. The fourth-order valence-electron chi connectivity index (χ4n) is 3.92. The normalized spacial score (nSPS) is 13.7. The Hall–Kier alpha value is -3.35. The second-order valence-electron chi connectivity index (χ2n) is 8.58. The minimum Gasteiger partial charge on any atom is -0.444 e. The standard InChI is InChI=1S/C23H25N3O4/c1-23(2,3)30-22(29)24-15-8-6-9-16(13-15)26-18-12-11-14-7-4-5-10-17(14)19(18)25-20(27)21(26)28/h6,8-9,11-13H,4-5,7,10H2,1-3H3,(H,24,29)(H,25,27). The molecule has 0 unspecified atom stereocenters. The van der Waals surface area contributed by atoms with E-state index in [1.54, 1.807) is 45.0 Å². The van der Waals surface area contributed by atoms with E-state index in [0.29, 0.717) is 22.4 Å². The lowest BCUT2D eigenvalue weighted by atomic mass is 9.90. The molecule has 0 bridgehead atoms. The highest BCUT2D eigenvalue weighted by Gasteiger charge is 2.19. The summed E-state index contributed by atoms with van der Waals surface area (Å²) >= 11 is 0. The fraction of sp³-hybridized carbons (Fsp3) is 0.348. The predicted octanol–water partition coefficient (Wildman–Crippen LogP) is 3.90. The molecule has 2 N–H and O–H groups in total. The van der Waals surface area contributed by atoms with Crippen LogP contribution in [-0.2, 0) is 17.6 Å². The summed E-state index contributed by atoms with van der Waals surface area (Å²) in [5.41, 5.74) is 2.71. The van der Waals surface area contributed by atoms with Gasteiger partial charge in [0.1, 0.15) is 5.60 Å². The van der Waals surface area contributed by atoms with Gasteiger partial charge in [-0.15, -0.1) is 0 Å². The number of benzene rings is 2. The van der Waals surface area contributed by atoms with Gasteiger partial charge in [-0.2, -0.15) is 0 Å². The van der Waals surface area contributed by atoms with Crippen LogP contribution in [0.3, 0.4) is 0 Å². The Morgan fingerprint density at radius 2 is 1.87 bits per heavy atom. The molecule has 0 saturated carbocycles. The first-order chi connectivity index (χ1) is 14.2. The zero-order chi connectivity index (χ0) is 21.5. The van der Waals surface area contributed by atoms with E-state index >= 15 is 0 Å². The maximum Gasteiger partial charge on any atom is 0.412 e. The summed E-state index contributed by atoms with van der Waals surface area (Å²) in [6.07, 6.45) is 3.45. The number of nitrogens with zero attached hydrogens (tertiary/aromatic N) is 1. The lowest BCUT2D eigenvalue weighted by Crippen LogP contribution is -2.36. The summed E-state index contributed by atoms with van der Waals surface area (Å²) in [5.74, 6) is 0. The van der Waals surface area contributed by atoms with Crippen LogP contribution >= 0.6 is 0 Å². The monoisotopic (exact) mass is 407 g/mol. The van der Waals surface area contributed by atoms with E-state index in [2.05, 4.69) is 10.3 Å². The Balaban J connectivity index is 1.82. The van der Waals surface area contributed by atoms with Crippen LogP contribution in [0, 0.1) is 0 Å². The third-order valence-electron chi connectivity index (χ3n) is 5.14. The molecule has 1 aromatic heterocycles. The maximum absolute atomic E-state index is 12.8. The number of aromatic nitrogens is 2. The van der Waals surface area contributed by atoms with Gasteiger partial charge in [0.2, 0.25) is 0 Å². The third-order valence-corrected chi connectivity index (χ3v) is 5.14. The van der Waals surface area contributed by atoms with Crippen molar-refractivity contribution < 1.29 is 9.53 Å². The molecule has 0 saturated heterocycles. The molecule has 0 radical (unpaired) electrons. The van der Waals surface area contributed by atoms with Crippen LogP contribution in [0.15, 0.2) is 46.0 Å². The molecule has 3 aromatic rings. The zero-order valence-electron chi connectivity index (χ0n) is 17.4. The van der Waals surface area contributed by atoms with Crippen molar-refractivity contribution in [3.63, 3.8) is 0 Å². The number of rotatable bonds is 2. The van der Waals surface area contributed by atoms with Gasteiger partial charge in [-0.25, -0.2) is 4.79 Å². The number of fused-ring (bicyclic) bond motifs is 3. The van der Waals surface area contributed by atoms with Crippen molar-refractivity contribution in [2.45, 2.75) is 52.1 Å². The molecule has 1 amide bonds. The SMILES string of the molecule is CC(C)(C)OC(=O)Nc1cccc(-n2c(=O)c(=O)[nH]c3c4c(ccc32)CCCC4)c1. The molecule has 156 valence electrons. The second-order valence-corrected chi connectivity index (χ2v) is 8.58. The highest BCUT2D eigenvalue weighted by atomic mass is 16.6. The van der Waals surface area contributed by atoms with Crippen molar-refractivity contribution in [2.24, 2.45) is 0 Å². The first-order valence-electron chi connectivity index (χ1n) is 10.1. The summed E-state index contributed by atoms with van der Waals surface area (Å²) in [6.45, 7) is 5.35. The fourth-order valence-corrected chi connectivity index (χ4v) is 3.92. The molecule has 1 aliphatic rings. The van der Waals surface area contributed by atoms with Crippen molar-refractivity contribution in [2.75, 3.05) is 5.32 Å². The number of hydrogen-bond donors (Lipinski definition) is 2. The topological polar surface area (TPSA) is 93.2 Å². The van der Waals surface area contributed by atoms with Gasteiger partial charge in [-0.1, -0.05) is 12.1 Å². The van der Waals surface area contributed by atoms with Gasteiger partial charge in [0.05, 0.1) is 16.7 Å². The highest BCUT2D eigenvalue weighted by Crippen LogP contribution is 2.28. The third kappa shape index (κ3) is 3.87. The van der Waals surface area contributed by atoms with Crippen molar-refractivity contribution in [3.8, 4) is 5.69 Å². The lowest BCUT2D eigenvalue weighted by molar-refractivity contribution is 0.0636. The number of ether oxygens (including phenoxy) is 1. The number of carbonyl (C=O) groups is 1. The van der Waals surface area contributed by atoms with Crippen LogP contribution in [0.1, 0.15) is 44.7 Å². The minimum atomic E-state index is -0.660. The molecule has 7 heteroatoms. The van der Waals surface area contributed by atoms with Gasteiger partial charge in [0.25, 0.3) is 0 Å². The lowest BCUT2D eigenvalue weighted by Gasteiger charge is -2.20. The largest absolute Gasteiger partial charge is 0.444 e. The van der Waals surface area contributed by atoms with Crippen LogP contribution in [0.5, 0.6) is 0 Å². The van der Waals surface area contributed by atoms with Crippen LogP contribution in [-0.4, -0.2) is 21.2 Å². The van der Waals surface area contributed by atoms with Crippen LogP contribution < -0.4 is 16.4 Å². The maximum atomic E-state index is 12.8. The quantitative estimate of drug-likeness (QED) is 0.630. The molecule has 30 heavy (non-hydrogen) atoms. The number of aryl methyl sites for hydroxylation is 2. The van der Waals surface area contributed by atoms with Crippen LogP contribution in [0.2, 0.25) is 0 Å². The van der Waals surface area contributed by atoms with E-state index in [1.807, 2.05) is 12.1 Å². The molecule has 7 nitrogen and oxygen atoms in total. The van der Waals surface area contributed by atoms with Crippen molar-refractivity contribution in [3.05, 3.63) is 68.2 Å². The van der Waals surface area contributed by atoms with Crippen LogP contribution in [0.25, 0.3) is 16.7 Å². The first kappa shape index (κ1) is 19.9. The van der Waals surface area contributed by atoms with Crippen molar-refractivity contribution in [1.82, 2.24) is 9.55 Å². The molecule has 0 aliphatic heterocycles. The minimum absolute atomic E-state index is 0.472. The van der Waals surface area contributed by atoms with E-state index in [9.17, 15) is 14.4 Å². The Labute approximate surface area is 173 Å². The van der Waals surface area contributed by atoms with Gasteiger partial charge in [0, 0.05) is 5.69 Å². The summed E-state index contributed by atoms with van der Waals surface area (Å²) in [7, 11) is 0. The number of H-pyrrole nitrogens is 1. The molecule has 0 atom stereocenters. The van der Waals surface area contributed by atoms with Gasteiger partial charge < -0.3 is 9.72 Å². The van der Waals surface area contributed by atoms with E-state index in [-0.39, 0.29) is 0 Å². The smallest absolute Gasteiger partial charge is 0.412 e. The van der Waals surface area contributed by atoms with E-state index in [0.717, 1.165) is 31.2 Å². The number of amides is 1. The summed E-state index contributed by atoms with van der Waals surface area (Å²) in [6, 6.07) is 10.7. The summed E-state index contributed by atoms with van der Waals surface area (Å²) in [5, 5.41) is 2.68. The molecule has 1 heterocycles. The number of nitrogens with one attached hydrogen (secondary N) is 2. The van der Waals surface area contributed by atoms with E-state index in [4.69, 9.17) is 4.74 Å². The van der Waals surface area contributed by atoms with Crippen molar-refractivity contribution >= 4 is 22.8 Å². The van der Waals surface area contributed by atoms with Crippen LogP contribution in [0.4, 0.5) is 10.5 Å². The van der Waals surface area contributed by atoms with E-state index < -0.39 is 22.8 Å². The van der Waals surface area contributed by atoms with Gasteiger partial charge >= 0.3 is 17.2 Å². The Kier molecular flexibility index (Phi) is 4.97. The second kappa shape index (κ2) is 7.48. The van der Waals surface area contributed by atoms with Gasteiger partial charge in [0.15, 0.2) is 0 Å². The number of anilines is 1. The Morgan fingerprint density at radius 1 is 1.10 bits per heavy atom. The number of aromatic amines is 1. The molecular weight excluding hydrogens is 382 g/mol. The highest BCUT2D eigenvalue weighted by molar-refractivity contribution is 5.86. The molecule has 0 spiro atoms. The zero-order valence-corrected chi connectivity index (χ0v) is 17.4. The Morgan fingerprint density at radius 3 is 2.63 bits per heavy atom. The average molecular weight is 407 g/mol. The van der Waals surface area contributed by atoms with Gasteiger partial charge in [-0.3, -0.25) is 19.5 Å². The predicted molar refractivity (Wildman–Crippen MR) is 117 cm³/mol. The summed E-state index contributed by atoms with van der Waals surface area (Å²) < 4.78 is 6.70. The molecule has 0 fully saturated rings. The molecule has 1 aliphatic carbocycles. The number of carbonyl (C=O) groups excluding carboxylic acids is 1. The average Bonchev–Trinajstić information content (AvgIpc) is 2.67. The summed E-state index contributed by atoms with van der Waals surface area (Å²) in [4.78, 5) is 40.1. The van der Waals surface area contributed by atoms with Gasteiger partial charge in [-0.05, 0) is 81.8 Å². The van der Waals surface area contributed by atoms with Crippen molar-refractivity contribution in [1.29, 1.82) is 0 Å². The molecule has 4 rings (SSSR count).